The van der Waals surface area contributed by atoms with Crippen LogP contribution >= 0.6 is 24.0 Å². The Bertz CT molecular complexity index is 677. The average Bonchev–Trinajstić information content (AvgIpc) is 2.63. The van der Waals surface area contributed by atoms with Gasteiger partial charge in [-0.1, -0.05) is 6.42 Å². The number of thiol groups is 1. The van der Waals surface area contributed by atoms with Crippen LogP contribution in [0.5, 0.6) is 0 Å². The van der Waals surface area contributed by atoms with Crippen LogP contribution in [0.4, 0.5) is 0 Å². The summed E-state index contributed by atoms with van der Waals surface area (Å²) >= 11 is 6.07. The first kappa shape index (κ1) is 13.2. The van der Waals surface area contributed by atoms with Crippen molar-refractivity contribution in [2.45, 2.75) is 39.7 Å². The highest BCUT2D eigenvalue weighted by atomic mass is 32.1. The van der Waals surface area contributed by atoms with E-state index in [4.69, 9.17) is 0 Å². The van der Waals surface area contributed by atoms with Crippen molar-refractivity contribution in [1.29, 1.82) is 0 Å². The molecule has 2 aromatic rings. The molecule has 1 aliphatic rings. The molecule has 2 aromatic heterocycles. The maximum atomic E-state index is 12.6. The van der Waals surface area contributed by atoms with Gasteiger partial charge < -0.3 is 0 Å². The maximum absolute atomic E-state index is 12.6. The third-order valence-corrected chi connectivity index (χ3v) is 6.20. The molecule has 1 fully saturated rings. The standard InChI is InChI=1S/C14H18N2OS2/c1-9-10(2)19-12-11(9)13(17)16(8-15-12)6-14(7-18)4-3-5-14/h8,18H,3-7H2,1-2H3. The molecule has 0 bridgehead atoms. The predicted octanol–water partition coefficient (Wildman–Crippen LogP) is 3.17. The molecule has 0 spiro atoms. The summed E-state index contributed by atoms with van der Waals surface area (Å²) in [7, 11) is 0. The molecule has 3 rings (SSSR count). The van der Waals surface area contributed by atoms with E-state index in [2.05, 4.69) is 17.6 Å². The molecule has 0 radical (unpaired) electrons. The van der Waals surface area contributed by atoms with Crippen LogP contribution in [0.2, 0.25) is 0 Å². The lowest BCUT2D eigenvalue weighted by Crippen LogP contribution is -2.39. The first-order chi connectivity index (χ1) is 9.06. The second-order valence-electron chi connectivity index (χ2n) is 5.65. The Hall–Kier alpha value is -0.810. The third kappa shape index (κ3) is 2.03. The summed E-state index contributed by atoms with van der Waals surface area (Å²) in [4.78, 5) is 19.1. The molecular formula is C14H18N2OS2. The first-order valence-corrected chi connectivity index (χ1v) is 8.07. The van der Waals surface area contributed by atoms with Crippen LogP contribution in [0, 0.1) is 19.3 Å². The number of aryl methyl sites for hydroxylation is 2. The number of rotatable bonds is 3. The summed E-state index contributed by atoms with van der Waals surface area (Å²) in [5.74, 6) is 0.846. The fourth-order valence-electron chi connectivity index (χ4n) is 2.79. The molecule has 0 amide bonds. The lowest BCUT2D eigenvalue weighted by Gasteiger charge is -2.41. The van der Waals surface area contributed by atoms with Crippen LogP contribution in [0.25, 0.3) is 10.2 Å². The van der Waals surface area contributed by atoms with E-state index < -0.39 is 0 Å². The van der Waals surface area contributed by atoms with Gasteiger partial charge in [0.25, 0.3) is 5.56 Å². The molecular weight excluding hydrogens is 276 g/mol. The van der Waals surface area contributed by atoms with Crippen molar-refractivity contribution in [3.63, 3.8) is 0 Å². The van der Waals surface area contributed by atoms with Crippen LogP contribution in [0.15, 0.2) is 11.1 Å². The second kappa shape index (κ2) is 4.63. The normalized spacial score (nSPS) is 17.6. The quantitative estimate of drug-likeness (QED) is 0.882. The molecule has 5 heteroatoms. The van der Waals surface area contributed by atoms with E-state index in [1.807, 2.05) is 13.8 Å². The smallest absolute Gasteiger partial charge is 0.262 e. The van der Waals surface area contributed by atoms with E-state index in [-0.39, 0.29) is 11.0 Å². The van der Waals surface area contributed by atoms with Crippen molar-refractivity contribution in [3.05, 3.63) is 27.1 Å². The lowest BCUT2D eigenvalue weighted by molar-refractivity contribution is 0.137. The van der Waals surface area contributed by atoms with Gasteiger partial charge in [-0.05, 0) is 43.4 Å². The molecule has 2 heterocycles. The van der Waals surface area contributed by atoms with Gasteiger partial charge in [0.15, 0.2) is 0 Å². The summed E-state index contributed by atoms with van der Waals surface area (Å²) in [5.41, 5.74) is 1.40. The van der Waals surface area contributed by atoms with Gasteiger partial charge >= 0.3 is 0 Å². The van der Waals surface area contributed by atoms with Crippen molar-refractivity contribution < 1.29 is 0 Å². The maximum Gasteiger partial charge on any atom is 0.262 e. The zero-order chi connectivity index (χ0) is 13.6. The van der Waals surface area contributed by atoms with Crippen LogP contribution in [0.3, 0.4) is 0 Å². The molecule has 1 saturated carbocycles. The molecule has 0 N–H and O–H groups in total. The van der Waals surface area contributed by atoms with Crippen molar-refractivity contribution >= 4 is 34.2 Å². The summed E-state index contributed by atoms with van der Waals surface area (Å²) in [6.07, 6.45) is 5.30. The van der Waals surface area contributed by atoms with Crippen molar-refractivity contribution in [3.8, 4) is 0 Å². The van der Waals surface area contributed by atoms with E-state index >= 15 is 0 Å². The van der Waals surface area contributed by atoms with Gasteiger partial charge in [0.05, 0.1) is 11.7 Å². The zero-order valence-electron chi connectivity index (χ0n) is 11.3. The summed E-state index contributed by atoms with van der Waals surface area (Å²) < 4.78 is 1.79. The van der Waals surface area contributed by atoms with E-state index in [0.717, 1.165) is 28.1 Å². The molecule has 0 unspecified atom stereocenters. The number of aromatic nitrogens is 2. The number of thiophene rings is 1. The van der Waals surface area contributed by atoms with E-state index in [0.29, 0.717) is 0 Å². The Labute approximate surface area is 122 Å². The largest absolute Gasteiger partial charge is 0.298 e. The van der Waals surface area contributed by atoms with Crippen molar-refractivity contribution in [2.24, 2.45) is 5.41 Å². The van der Waals surface area contributed by atoms with Gasteiger partial charge in [0.1, 0.15) is 4.83 Å². The lowest BCUT2D eigenvalue weighted by atomic mass is 9.70. The Morgan fingerprint density at radius 1 is 1.47 bits per heavy atom. The van der Waals surface area contributed by atoms with Gasteiger partial charge in [-0.3, -0.25) is 9.36 Å². The second-order valence-corrected chi connectivity index (χ2v) is 7.17. The summed E-state index contributed by atoms with van der Waals surface area (Å²) in [6.45, 7) is 4.82. The Kier molecular flexibility index (Phi) is 3.21. The minimum Gasteiger partial charge on any atom is -0.298 e. The van der Waals surface area contributed by atoms with E-state index in [9.17, 15) is 4.79 Å². The minimum atomic E-state index is 0.111. The molecule has 0 saturated heterocycles. The Morgan fingerprint density at radius 2 is 2.21 bits per heavy atom. The van der Waals surface area contributed by atoms with Crippen LogP contribution in [0.1, 0.15) is 29.7 Å². The first-order valence-electron chi connectivity index (χ1n) is 6.62. The summed E-state index contributed by atoms with van der Waals surface area (Å²) in [5, 5.41) is 0.804. The van der Waals surface area contributed by atoms with Gasteiger partial charge in [0.2, 0.25) is 0 Å². The van der Waals surface area contributed by atoms with E-state index in [1.165, 1.54) is 24.1 Å². The van der Waals surface area contributed by atoms with Crippen LogP contribution in [-0.4, -0.2) is 15.3 Å². The van der Waals surface area contributed by atoms with Gasteiger partial charge in [-0.25, -0.2) is 4.98 Å². The molecule has 0 aromatic carbocycles. The molecule has 102 valence electrons. The van der Waals surface area contributed by atoms with Crippen LogP contribution < -0.4 is 5.56 Å². The van der Waals surface area contributed by atoms with Crippen LogP contribution in [-0.2, 0) is 6.54 Å². The monoisotopic (exact) mass is 294 g/mol. The zero-order valence-corrected chi connectivity index (χ0v) is 13.0. The number of hydrogen-bond donors (Lipinski definition) is 1. The van der Waals surface area contributed by atoms with Gasteiger partial charge in [-0.15, -0.1) is 11.3 Å². The predicted molar refractivity (Wildman–Crippen MR) is 83.5 cm³/mol. The SMILES string of the molecule is Cc1sc2ncn(CC3(CS)CCC3)c(=O)c2c1C. The fourth-order valence-corrected chi connectivity index (χ4v) is 4.19. The Balaban J connectivity index is 2.08. The number of nitrogens with zero attached hydrogens (tertiary/aromatic N) is 2. The van der Waals surface area contributed by atoms with Crippen molar-refractivity contribution in [2.75, 3.05) is 5.75 Å². The fraction of sp³-hybridized carbons (Fsp3) is 0.571. The van der Waals surface area contributed by atoms with Gasteiger partial charge in [0, 0.05) is 11.4 Å². The van der Waals surface area contributed by atoms with Gasteiger partial charge in [-0.2, -0.15) is 12.6 Å². The molecule has 3 nitrogen and oxygen atoms in total. The molecule has 0 atom stereocenters. The highest BCUT2D eigenvalue weighted by Gasteiger charge is 2.36. The number of hydrogen-bond acceptors (Lipinski definition) is 4. The van der Waals surface area contributed by atoms with E-state index in [1.54, 1.807) is 22.2 Å². The highest BCUT2D eigenvalue weighted by Crippen LogP contribution is 2.43. The topological polar surface area (TPSA) is 34.9 Å². The molecule has 19 heavy (non-hydrogen) atoms. The number of fused-ring (bicyclic) bond motifs is 1. The third-order valence-electron chi connectivity index (χ3n) is 4.41. The average molecular weight is 294 g/mol. The molecule has 1 aliphatic carbocycles. The highest BCUT2D eigenvalue weighted by molar-refractivity contribution is 7.80. The minimum absolute atomic E-state index is 0.111. The Morgan fingerprint density at radius 3 is 2.79 bits per heavy atom. The van der Waals surface area contributed by atoms with Crippen molar-refractivity contribution in [1.82, 2.24) is 9.55 Å². The summed E-state index contributed by atoms with van der Waals surface area (Å²) in [6, 6.07) is 0. The molecule has 0 aliphatic heterocycles.